The normalized spacial score (nSPS) is 19.0. The summed E-state index contributed by atoms with van der Waals surface area (Å²) in [6.07, 6.45) is 2.61. The zero-order valence-electron chi connectivity index (χ0n) is 15.0. The molecule has 5 nitrogen and oxygen atoms in total. The largest absolute Gasteiger partial charge is 0.449 e. The van der Waals surface area contributed by atoms with Crippen molar-refractivity contribution in [3.63, 3.8) is 0 Å². The van der Waals surface area contributed by atoms with E-state index in [4.69, 9.17) is 14.2 Å². The van der Waals surface area contributed by atoms with Gasteiger partial charge in [-0.05, 0) is 50.5 Å². The van der Waals surface area contributed by atoms with Crippen LogP contribution in [0, 0.1) is 0 Å². The van der Waals surface area contributed by atoms with Gasteiger partial charge in [-0.1, -0.05) is 12.1 Å². The lowest BCUT2D eigenvalue weighted by atomic mass is 9.99. The van der Waals surface area contributed by atoms with Gasteiger partial charge in [-0.2, -0.15) is 0 Å². The van der Waals surface area contributed by atoms with Gasteiger partial charge in [-0.3, -0.25) is 0 Å². The van der Waals surface area contributed by atoms with Crippen LogP contribution in [0.4, 0.5) is 4.79 Å². The lowest BCUT2D eigenvalue weighted by Gasteiger charge is -2.29. The molecule has 1 aromatic rings. The van der Waals surface area contributed by atoms with Crippen molar-refractivity contribution in [1.82, 2.24) is 4.90 Å². The molecule has 0 N–H and O–H groups in total. The Bertz CT molecular complexity index is 685. The van der Waals surface area contributed by atoms with E-state index in [1.807, 2.05) is 52.8 Å². The van der Waals surface area contributed by atoms with Crippen molar-refractivity contribution >= 4 is 11.7 Å². The van der Waals surface area contributed by atoms with Crippen molar-refractivity contribution in [1.29, 1.82) is 0 Å². The van der Waals surface area contributed by atoms with E-state index in [0.29, 0.717) is 13.1 Å². The molecule has 3 rings (SSSR count). The van der Waals surface area contributed by atoms with Crippen LogP contribution in [0.15, 0.2) is 24.3 Å². The van der Waals surface area contributed by atoms with E-state index in [9.17, 15) is 4.79 Å². The number of hydrogen-bond donors (Lipinski definition) is 0. The second-order valence-corrected chi connectivity index (χ2v) is 7.67. The van der Waals surface area contributed by atoms with Crippen LogP contribution in [0.25, 0.3) is 5.57 Å². The van der Waals surface area contributed by atoms with Crippen LogP contribution in [0.3, 0.4) is 0 Å². The summed E-state index contributed by atoms with van der Waals surface area (Å²) in [4.78, 5) is 13.8. The van der Waals surface area contributed by atoms with Crippen LogP contribution >= 0.6 is 0 Å². The van der Waals surface area contributed by atoms with E-state index in [0.717, 1.165) is 23.5 Å². The second kappa shape index (κ2) is 5.72. The molecule has 2 heterocycles. The highest BCUT2D eigenvalue weighted by molar-refractivity contribution is 5.73. The molecule has 1 amide bonds. The standard InChI is InChI=1S/C19H25NO4/c1-18(2,3)24-17(21)20-10-8-13(9-11-20)14-6-7-15-16(12-14)23-19(4,5)22-15/h6-8,12H,9-11H2,1-5H3. The summed E-state index contributed by atoms with van der Waals surface area (Å²) in [5, 5.41) is 0. The van der Waals surface area contributed by atoms with Crippen LogP contribution in [0.1, 0.15) is 46.6 Å². The first-order valence-electron chi connectivity index (χ1n) is 8.32. The van der Waals surface area contributed by atoms with Gasteiger partial charge >= 0.3 is 6.09 Å². The van der Waals surface area contributed by atoms with Crippen molar-refractivity contribution in [3.8, 4) is 11.5 Å². The Hall–Kier alpha value is -2.17. The van der Waals surface area contributed by atoms with Gasteiger partial charge in [0.1, 0.15) is 5.60 Å². The minimum Gasteiger partial charge on any atom is -0.449 e. The maximum Gasteiger partial charge on any atom is 0.410 e. The molecular formula is C19H25NO4. The number of hydrogen-bond acceptors (Lipinski definition) is 4. The SMILES string of the molecule is CC(C)(C)OC(=O)N1CC=C(c2ccc3c(c2)OC(C)(C)O3)CC1. The van der Waals surface area contributed by atoms with Gasteiger partial charge in [0, 0.05) is 26.9 Å². The smallest absolute Gasteiger partial charge is 0.410 e. The third-order valence-electron chi connectivity index (χ3n) is 3.89. The van der Waals surface area contributed by atoms with Crippen molar-refractivity contribution in [2.24, 2.45) is 0 Å². The van der Waals surface area contributed by atoms with Crippen LogP contribution < -0.4 is 9.47 Å². The number of fused-ring (bicyclic) bond motifs is 1. The van der Waals surface area contributed by atoms with E-state index in [1.54, 1.807) is 4.90 Å². The lowest BCUT2D eigenvalue weighted by molar-refractivity contribution is -0.0431. The minimum atomic E-state index is -0.616. The van der Waals surface area contributed by atoms with E-state index in [-0.39, 0.29) is 6.09 Å². The Morgan fingerprint density at radius 3 is 2.54 bits per heavy atom. The average molecular weight is 331 g/mol. The first kappa shape index (κ1) is 16.7. The third kappa shape index (κ3) is 3.66. The molecule has 0 radical (unpaired) electrons. The van der Waals surface area contributed by atoms with Crippen molar-refractivity contribution in [2.45, 2.75) is 52.4 Å². The summed E-state index contributed by atoms with van der Waals surface area (Å²) in [7, 11) is 0. The summed E-state index contributed by atoms with van der Waals surface area (Å²) >= 11 is 0. The zero-order valence-corrected chi connectivity index (χ0v) is 15.0. The molecule has 0 aromatic heterocycles. The summed E-state index contributed by atoms with van der Waals surface area (Å²) < 4.78 is 16.9. The summed E-state index contributed by atoms with van der Waals surface area (Å²) in [6, 6.07) is 6.00. The van der Waals surface area contributed by atoms with Crippen LogP contribution in [0.2, 0.25) is 0 Å². The van der Waals surface area contributed by atoms with Gasteiger partial charge in [-0.25, -0.2) is 4.79 Å². The number of rotatable bonds is 1. The number of ether oxygens (including phenoxy) is 3. The molecule has 0 spiro atoms. The summed E-state index contributed by atoms with van der Waals surface area (Å²) in [5.74, 6) is 0.929. The van der Waals surface area contributed by atoms with Gasteiger partial charge in [-0.15, -0.1) is 0 Å². The van der Waals surface area contributed by atoms with E-state index in [2.05, 4.69) is 6.08 Å². The molecule has 0 unspecified atom stereocenters. The molecule has 24 heavy (non-hydrogen) atoms. The Morgan fingerprint density at radius 1 is 1.21 bits per heavy atom. The molecule has 0 atom stereocenters. The number of carbonyl (C=O) groups is 1. The van der Waals surface area contributed by atoms with Gasteiger partial charge in [0.15, 0.2) is 11.5 Å². The van der Waals surface area contributed by atoms with Gasteiger partial charge in [0.25, 0.3) is 0 Å². The molecule has 0 fully saturated rings. The van der Waals surface area contributed by atoms with Crippen molar-refractivity contribution in [2.75, 3.05) is 13.1 Å². The number of carbonyl (C=O) groups excluding carboxylic acids is 1. The Morgan fingerprint density at radius 2 is 1.92 bits per heavy atom. The molecule has 0 saturated carbocycles. The number of amides is 1. The monoisotopic (exact) mass is 331 g/mol. The van der Waals surface area contributed by atoms with Gasteiger partial charge in [0.05, 0.1) is 0 Å². The molecule has 0 aliphatic carbocycles. The number of nitrogens with zero attached hydrogens (tertiary/aromatic N) is 1. The Balaban J connectivity index is 1.69. The summed E-state index contributed by atoms with van der Waals surface area (Å²) in [6.45, 7) is 10.6. The molecule has 130 valence electrons. The first-order valence-corrected chi connectivity index (χ1v) is 8.32. The maximum atomic E-state index is 12.1. The fraction of sp³-hybridized carbons (Fsp3) is 0.526. The highest BCUT2D eigenvalue weighted by atomic mass is 16.7. The molecule has 5 heteroatoms. The quantitative estimate of drug-likeness (QED) is 0.773. The zero-order chi connectivity index (χ0) is 17.5. The molecule has 2 aliphatic rings. The molecule has 0 saturated heterocycles. The Kier molecular flexibility index (Phi) is 3.98. The molecular weight excluding hydrogens is 306 g/mol. The number of benzene rings is 1. The minimum absolute atomic E-state index is 0.259. The first-order chi connectivity index (χ1) is 11.1. The van der Waals surface area contributed by atoms with E-state index >= 15 is 0 Å². The molecule has 0 bridgehead atoms. The van der Waals surface area contributed by atoms with Crippen molar-refractivity contribution < 1.29 is 19.0 Å². The summed E-state index contributed by atoms with van der Waals surface area (Å²) in [5.41, 5.74) is 1.86. The van der Waals surface area contributed by atoms with Crippen LogP contribution in [0.5, 0.6) is 11.5 Å². The highest BCUT2D eigenvalue weighted by Gasteiger charge is 2.32. The van der Waals surface area contributed by atoms with Crippen LogP contribution in [-0.2, 0) is 4.74 Å². The van der Waals surface area contributed by atoms with Gasteiger partial charge < -0.3 is 19.1 Å². The predicted molar refractivity (Wildman–Crippen MR) is 92.2 cm³/mol. The molecule has 2 aliphatic heterocycles. The van der Waals surface area contributed by atoms with Gasteiger partial charge in [0.2, 0.25) is 5.79 Å². The third-order valence-corrected chi connectivity index (χ3v) is 3.89. The van der Waals surface area contributed by atoms with Crippen LogP contribution in [-0.4, -0.2) is 35.5 Å². The maximum absolute atomic E-state index is 12.1. The van der Waals surface area contributed by atoms with E-state index < -0.39 is 11.4 Å². The fourth-order valence-electron chi connectivity index (χ4n) is 2.85. The van der Waals surface area contributed by atoms with Crippen molar-refractivity contribution in [3.05, 3.63) is 29.8 Å². The predicted octanol–water partition coefficient (Wildman–Crippen LogP) is 4.22. The second-order valence-electron chi connectivity index (χ2n) is 7.67. The van der Waals surface area contributed by atoms with E-state index in [1.165, 1.54) is 5.57 Å². The molecule has 1 aromatic carbocycles. The lowest BCUT2D eigenvalue weighted by Crippen LogP contribution is -2.39. The topological polar surface area (TPSA) is 48.0 Å². The highest BCUT2D eigenvalue weighted by Crippen LogP contribution is 2.41. The average Bonchev–Trinajstić information content (AvgIpc) is 2.78. The Labute approximate surface area is 143 Å². The fourth-order valence-corrected chi connectivity index (χ4v) is 2.85.